The van der Waals surface area contributed by atoms with E-state index >= 15 is 0 Å². The second kappa shape index (κ2) is 11.6. The third-order valence-corrected chi connectivity index (χ3v) is 2.37. The fourth-order valence-electron chi connectivity index (χ4n) is 1.57. The first-order valence-corrected chi connectivity index (χ1v) is 7.92. The summed E-state index contributed by atoms with van der Waals surface area (Å²) in [6.07, 6.45) is 4.02. The zero-order valence-corrected chi connectivity index (χ0v) is 14.8. The Morgan fingerprint density at radius 1 is 1.35 bits per heavy atom. The van der Waals surface area contributed by atoms with Gasteiger partial charge in [0.05, 0.1) is 6.61 Å². The van der Waals surface area contributed by atoms with Gasteiger partial charge in [-0.15, -0.1) is 0 Å². The van der Waals surface area contributed by atoms with E-state index in [1.807, 2.05) is 34.6 Å². The number of aryl methyl sites for hydroxylation is 1. The molecule has 0 saturated heterocycles. The number of alkyl carbamates (subject to hydrolysis) is 1. The molecule has 1 heterocycles. The van der Waals surface area contributed by atoms with Crippen LogP contribution in [-0.2, 0) is 11.2 Å². The van der Waals surface area contributed by atoms with Crippen LogP contribution in [0.25, 0.3) is 0 Å². The maximum Gasteiger partial charge on any atom is 0.407 e. The number of carbonyl (C=O) groups excluding carboxylic acids is 1. The van der Waals surface area contributed by atoms with Crippen LogP contribution in [0.3, 0.4) is 0 Å². The van der Waals surface area contributed by atoms with Gasteiger partial charge in [0.25, 0.3) is 0 Å². The second-order valence-corrected chi connectivity index (χ2v) is 5.46. The normalized spacial score (nSPS) is 10.3. The Morgan fingerprint density at radius 2 is 2.04 bits per heavy atom. The summed E-state index contributed by atoms with van der Waals surface area (Å²) in [4.78, 5) is 19.4. The number of nitrogens with zero attached hydrogens (tertiary/aromatic N) is 2. The van der Waals surface area contributed by atoms with Crippen molar-refractivity contribution in [2.75, 3.05) is 19.8 Å². The van der Waals surface area contributed by atoms with Crippen molar-refractivity contribution in [3.05, 3.63) is 18.1 Å². The molecule has 1 rings (SSSR count). The van der Waals surface area contributed by atoms with Crippen molar-refractivity contribution in [1.82, 2.24) is 15.3 Å². The van der Waals surface area contributed by atoms with E-state index in [1.54, 1.807) is 6.20 Å². The lowest BCUT2D eigenvalue weighted by Gasteiger charge is -2.19. The summed E-state index contributed by atoms with van der Waals surface area (Å²) in [5.74, 6) is 0.469. The smallest absolute Gasteiger partial charge is 0.407 e. The average Bonchev–Trinajstić information content (AvgIpc) is 2.51. The van der Waals surface area contributed by atoms with Crippen molar-refractivity contribution in [3.8, 4) is 5.88 Å². The quantitative estimate of drug-likeness (QED) is 0.747. The van der Waals surface area contributed by atoms with E-state index in [4.69, 9.17) is 14.6 Å². The van der Waals surface area contributed by atoms with Gasteiger partial charge in [-0.3, -0.25) is 0 Å². The first-order chi connectivity index (χ1) is 10.9. The van der Waals surface area contributed by atoms with E-state index < -0.39 is 11.7 Å². The molecule has 2 N–H and O–H groups in total. The Labute approximate surface area is 138 Å². The molecule has 0 aliphatic heterocycles. The molecule has 1 aromatic heterocycles. The van der Waals surface area contributed by atoms with Crippen molar-refractivity contribution in [2.24, 2.45) is 0 Å². The lowest BCUT2D eigenvalue weighted by Crippen LogP contribution is -2.33. The molecule has 0 radical (unpaired) electrons. The van der Waals surface area contributed by atoms with Crippen molar-refractivity contribution >= 4 is 6.09 Å². The van der Waals surface area contributed by atoms with Crippen LogP contribution in [0.2, 0.25) is 0 Å². The molecular weight excluding hydrogens is 298 g/mol. The number of carbonyl (C=O) groups is 1. The Hall–Kier alpha value is -1.89. The van der Waals surface area contributed by atoms with E-state index in [0.29, 0.717) is 25.3 Å². The number of hydrogen-bond acceptors (Lipinski definition) is 6. The monoisotopic (exact) mass is 327 g/mol. The summed E-state index contributed by atoms with van der Waals surface area (Å²) in [6.45, 7) is 10.1. The summed E-state index contributed by atoms with van der Waals surface area (Å²) in [7, 11) is 0. The average molecular weight is 327 g/mol. The molecule has 0 bridgehead atoms. The molecule has 0 aliphatic carbocycles. The van der Waals surface area contributed by atoms with E-state index in [9.17, 15) is 4.79 Å². The molecule has 7 nitrogen and oxygen atoms in total. The highest BCUT2D eigenvalue weighted by molar-refractivity contribution is 5.67. The lowest BCUT2D eigenvalue weighted by molar-refractivity contribution is 0.0527. The molecule has 1 aromatic rings. The van der Waals surface area contributed by atoms with Gasteiger partial charge < -0.3 is 19.9 Å². The molecule has 0 unspecified atom stereocenters. The lowest BCUT2D eigenvalue weighted by atomic mass is 10.2. The minimum absolute atomic E-state index is 0.0658. The molecule has 1 amide bonds. The maximum atomic E-state index is 11.5. The third-order valence-electron chi connectivity index (χ3n) is 2.37. The predicted octanol–water partition coefficient (Wildman–Crippen LogP) is 2.33. The highest BCUT2D eigenvalue weighted by atomic mass is 16.6. The molecule has 23 heavy (non-hydrogen) atoms. The van der Waals surface area contributed by atoms with E-state index in [1.165, 1.54) is 6.33 Å². The van der Waals surface area contributed by atoms with Crippen molar-refractivity contribution in [1.29, 1.82) is 0 Å². The van der Waals surface area contributed by atoms with Gasteiger partial charge in [-0.05, 0) is 33.6 Å². The first kappa shape index (κ1) is 21.1. The summed E-state index contributed by atoms with van der Waals surface area (Å²) < 4.78 is 10.5. The number of rotatable bonds is 7. The standard InChI is InChI=1S/C14H23N3O4.C2H6/c1-14(2,3)21-13(19)16-6-4-5-11-9-15-10-17-12(11)20-8-7-18;1-2/h9-10,18H,4-8H2,1-3H3,(H,16,19);1-2H3. The van der Waals surface area contributed by atoms with Crippen LogP contribution >= 0.6 is 0 Å². The van der Waals surface area contributed by atoms with Crippen LogP contribution in [0, 0.1) is 0 Å². The first-order valence-electron chi connectivity index (χ1n) is 7.92. The highest BCUT2D eigenvalue weighted by Crippen LogP contribution is 2.14. The Kier molecular flexibility index (Phi) is 10.7. The number of amides is 1. The van der Waals surface area contributed by atoms with Gasteiger partial charge in [-0.2, -0.15) is 0 Å². The van der Waals surface area contributed by atoms with Crippen LogP contribution in [0.5, 0.6) is 5.88 Å². The van der Waals surface area contributed by atoms with E-state index in [-0.39, 0.29) is 13.2 Å². The fourth-order valence-corrected chi connectivity index (χ4v) is 1.57. The van der Waals surface area contributed by atoms with E-state index in [2.05, 4.69) is 15.3 Å². The second-order valence-electron chi connectivity index (χ2n) is 5.46. The van der Waals surface area contributed by atoms with Crippen LogP contribution in [0.15, 0.2) is 12.5 Å². The van der Waals surface area contributed by atoms with E-state index in [0.717, 1.165) is 5.56 Å². The third kappa shape index (κ3) is 10.5. The highest BCUT2D eigenvalue weighted by Gasteiger charge is 2.15. The zero-order chi connectivity index (χ0) is 17.7. The van der Waals surface area contributed by atoms with Crippen molar-refractivity contribution < 1.29 is 19.4 Å². The molecule has 7 heteroatoms. The molecular formula is C16H29N3O4. The van der Waals surface area contributed by atoms with Crippen LogP contribution in [-0.4, -0.2) is 46.5 Å². The van der Waals surface area contributed by atoms with Crippen LogP contribution in [0.4, 0.5) is 4.79 Å². The summed E-state index contributed by atoms with van der Waals surface area (Å²) in [5, 5.41) is 11.4. The molecule has 0 spiro atoms. The number of ether oxygens (including phenoxy) is 2. The van der Waals surface area contributed by atoms with Gasteiger partial charge in [-0.1, -0.05) is 13.8 Å². The SMILES string of the molecule is CC.CC(C)(C)OC(=O)NCCCc1cncnc1OCCO. The Morgan fingerprint density at radius 3 is 2.65 bits per heavy atom. The number of hydrogen-bond donors (Lipinski definition) is 2. The Bertz CT molecular complexity index is 447. The molecule has 0 aliphatic rings. The molecule has 0 atom stereocenters. The number of aromatic nitrogens is 2. The molecule has 0 saturated carbocycles. The minimum Gasteiger partial charge on any atom is -0.475 e. The number of aliphatic hydroxyl groups is 1. The predicted molar refractivity (Wildman–Crippen MR) is 88.5 cm³/mol. The topological polar surface area (TPSA) is 93.6 Å². The largest absolute Gasteiger partial charge is 0.475 e. The van der Waals surface area contributed by atoms with Crippen LogP contribution in [0.1, 0.15) is 46.6 Å². The maximum absolute atomic E-state index is 11.5. The van der Waals surface area contributed by atoms with Gasteiger partial charge in [0, 0.05) is 18.3 Å². The zero-order valence-electron chi connectivity index (χ0n) is 14.8. The number of nitrogens with one attached hydrogen (secondary N) is 1. The summed E-state index contributed by atoms with van der Waals surface area (Å²) in [6, 6.07) is 0. The number of aliphatic hydroxyl groups excluding tert-OH is 1. The molecule has 0 fully saturated rings. The van der Waals surface area contributed by atoms with Gasteiger partial charge in [0.15, 0.2) is 0 Å². The van der Waals surface area contributed by atoms with Gasteiger partial charge >= 0.3 is 6.09 Å². The van der Waals surface area contributed by atoms with Gasteiger partial charge in [0.2, 0.25) is 5.88 Å². The Balaban J connectivity index is 0.00000232. The van der Waals surface area contributed by atoms with Gasteiger partial charge in [-0.25, -0.2) is 14.8 Å². The molecule has 0 aromatic carbocycles. The molecule has 132 valence electrons. The minimum atomic E-state index is -0.497. The van der Waals surface area contributed by atoms with Gasteiger partial charge in [0.1, 0.15) is 18.5 Å². The van der Waals surface area contributed by atoms with Crippen molar-refractivity contribution in [2.45, 2.75) is 53.1 Å². The van der Waals surface area contributed by atoms with Crippen molar-refractivity contribution in [3.63, 3.8) is 0 Å². The summed E-state index contributed by atoms with van der Waals surface area (Å²) >= 11 is 0. The summed E-state index contributed by atoms with van der Waals surface area (Å²) in [5.41, 5.74) is 0.347. The fraction of sp³-hybridized carbons (Fsp3) is 0.688. The van der Waals surface area contributed by atoms with Crippen LogP contribution < -0.4 is 10.1 Å².